The van der Waals surface area contributed by atoms with Crippen LogP contribution in [0.15, 0.2) is 48.5 Å². The summed E-state index contributed by atoms with van der Waals surface area (Å²) < 4.78 is 67.5. The van der Waals surface area contributed by atoms with Gasteiger partial charge in [-0.1, -0.05) is 18.2 Å². The van der Waals surface area contributed by atoms with Crippen LogP contribution in [-0.2, 0) is 16.2 Å². The minimum absolute atomic E-state index is 0.291. The van der Waals surface area contributed by atoms with E-state index in [0.29, 0.717) is 36.8 Å². The van der Waals surface area contributed by atoms with Crippen molar-refractivity contribution >= 4 is 21.4 Å². The minimum atomic E-state index is -4.41. The molecule has 1 atom stereocenters. The maximum atomic E-state index is 13.3. The van der Waals surface area contributed by atoms with E-state index in [9.17, 15) is 21.6 Å². The Hall–Kier alpha value is -2.33. The third kappa shape index (κ3) is 4.79. The van der Waals surface area contributed by atoms with Gasteiger partial charge in [0.2, 0.25) is 10.0 Å². The van der Waals surface area contributed by atoms with Gasteiger partial charge < -0.3 is 4.90 Å². The Bertz CT molecular complexity index is 1150. The lowest BCUT2D eigenvalue weighted by molar-refractivity contribution is -0.137. The number of fused-ring (bicyclic) bond motifs is 1. The first kappa shape index (κ1) is 21.9. The van der Waals surface area contributed by atoms with Crippen molar-refractivity contribution in [3.05, 3.63) is 54.0 Å². The molecule has 1 N–H and O–H groups in total. The van der Waals surface area contributed by atoms with Crippen molar-refractivity contribution in [1.82, 2.24) is 14.1 Å². The highest BCUT2D eigenvalue weighted by molar-refractivity contribution is 7.88. The Kier molecular flexibility index (Phi) is 5.41. The lowest BCUT2D eigenvalue weighted by Gasteiger charge is -2.36. The standard InChI is InChI=1S/C21H25F3N4O2S/c1-20(26-31(2,29)30)7-3-15(4-8-20)16-5-9-27(10-6-16)19-12-17(21(22,23)24)11-18-13-25-14-28(18)19/h3-4,7,11-14,16,26H,5-6,8-10H2,1-2H3. The molecule has 31 heavy (non-hydrogen) atoms. The zero-order chi connectivity index (χ0) is 22.4. The second-order valence-electron chi connectivity index (χ2n) is 8.58. The monoisotopic (exact) mass is 454 g/mol. The molecule has 1 aliphatic carbocycles. The van der Waals surface area contributed by atoms with Crippen LogP contribution in [0.25, 0.3) is 5.52 Å². The van der Waals surface area contributed by atoms with E-state index in [2.05, 4.69) is 15.8 Å². The zero-order valence-corrected chi connectivity index (χ0v) is 18.2. The molecule has 2 aromatic heterocycles. The van der Waals surface area contributed by atoms with E-state index >= 15 is 0 Å². The van der Waals surface area contributed by atoms with E-state index in [-0.39, 0.29) is 0 Å². The molecule has 10 heteroatoms. The molecule has 1 aliphatic heterocycles. The smallest absolute Gasteiger partial charge is 0.358 e. The summed E-state index contributed by atoms with van der Waals surface area (Å²) in [5.74, 6) is 0.790. The van der Waals surface area contributed by atoms with Crippen molar-refractivity contribution in [2.45, 2.75) is 37.9 Å². The first-order valence-electron chi connectivity index (χ1n) is 10.1. The van der Waals surface area contributed by atoms with Gasteiger partial charge in [-0.25, -0.2) is 18.1 Å². The fourth-order valence-electron chi connectivity index (χ4n) is 4.41. The molecule has 6 nitrogen and oxygen atoms in total. The molecule has 0 spiro atoms. The second kappa shape index (κ2) is 7.67. The molecule has 1 saturated heterocycles. The summed E-state index contributed by atoms with van der Waals surface area (Å²) in [5, 5.41) is 0. The molecule has 0 saturated carbocycles. The summed E-state index contributed by atoms with van der Waals surface area (Å²) in [6.07, 6.45) is 7.81. The lowest BCUT2D eigenvalue weighted by atomic mass is 9.82. The largest absolute Gasteiger partial charge is 0.416 e. The van der Waals surface area contributed by atoms with Crippen LogP contribution in [0.3, 0.4) is 0 Å². The molecular formula is C21H25F3N4O2S. The third-order valence-electron chi connectivity index (χ3n) is 5.94. The number of rotatable bonds is 4. The van der Waals surface area contributed by atoms with E-state index < -0.39 is 27.3 Å². The number of nitrogens with zero attached hydrogens (tertiary/aromatic N) is 3. The van der Waals surface area contributed by atoms with Gasteiger partial charge in [0.05, 0.1) is 29.1 Å². The topological polar surface area (TPSA) is 66.7 Å². The SMILES string of the molecule is CC1(NS(C)(=O)=O)C=CC(C2CCN(c3cc(C(F)(F)F)cc4cncn34)CC2)=CC1. The lowest BCUT2D eigenvalue weighted by Crippen LogP contribution is -2.44. The van der Waals surface area contributed by atoms with Crippen molar-refractivity contribution in [3.63, 3.8) is 0 Å². The van der Waals surface area contributed by atoms with Crippen LogP contribution in [0.2, 0.25) is 0 Å². The van der Waals surface area contributed by atoms with Crippen molar-refractivity contribution < 1.29 is 21.6 Å². The Morgan fingerprint density at radius 1 is 1.23 bits per heavy atom. The van der Waals surface area contributed by atoms with Gasteiger partial charge in [-0.15, -0.1) is 0 Å². The predicted octanol–water partition coefficient (Wildman–Crippen LogP) is 3.76. The number of pyridine rings is 1. The summed E-state index contributed by atoms with van der Waals surface area (Å²) in [6, 6.07) is 2.31. The molecule has 1 unspecified atom stereocenters. The number of nitrogens with one attached hydrogen (secondary N) is 1. The molecule has 0 aromatic carbocycles. The van der Waals surface area contributed by atoms with Gasteiger partial charge in [-0.2, -0.15) is 13.2 Å². The minimum Gasteiger partial charge on any atom is -0.358 e. The summed E-state index contributed by atoms with van der Waals surface area (Å²) in [7, 11) is -3.31. The first-order valence-corrected chi connectivity index (χ1v) is 12.0. The quantitative estimate of drug-likeness (QED) is 0.764. The van der Waals surface area contributed by atoms with Gasteiger partial charge in [0, 0.05) is 13.1 Å². The molecule has 2 aromatic rings. The zero-order valence-electron chi connectivity index (χ0n) is 17.4. The number of hydrogen-bond acceptors (Lipinski definition) is 4. The van der Waals surface area contributed by atoms with E-state index in [4.69, 9.17) is 0 Å². The van der Waals surface area contributed by atoms with Crippen LogP contribution >= 0.6 is 0 Å². The molecule has 2 aliphatic rings. The van der Waals surface area contributed by atoms with E-state index in [0.717, 1.165) is 30.7 Å². The van der Waals surface area contributed by atoms with E-state index in [1.807, 2.05) is 24.0 Å². The molecule has 4 rings (SSSR count). The number of imidazole rings is 1. The first-order chi connectivity index (χ1) is 14.4. The van der Waals surface area contributed by atoms with E-state index in [1.54, 1.807) is 10.7 Å². The highest BCUT2D eigenvalue weighted by Gasteiger charge is 2.33. The number of aromatic nitrogens is 2. The fourth-order valence-corrected chi connectivity index (χ4v) is 5.41. The summed E-state index contributed by atoms with van der Waals surface area (Å²) in [6.45, 7) is 3.09. The molecule has 0 amide bonds. The van der Waals surface area contributed by atoms with Gasteiger partial charge in [-0.3, -0.25) is 4.40 Å². The number of allylic oxidation sites excluding steroid dienone is 2. The number of hydrogen-bond donors (Lipinski definition) is 1. The van der Waals surface area contributed by atoms with E-state index in [1.165, 1.54) is 12.3 Å². The number of halogens is 3. The number of piperidine rings is 1. The van der Waals surface area contributed by atoms with Crippen molar-refractivity contribution in [3.8, 4) is 0 Å². The highest BCUT2D eigenvalue weighted by atomic mass is 32.2. The molecule has 0 bridgehead atoms. The van der Waals surface area contributed by atoms with Gasteiger partial charge in [0.1, 0.15) is 12.1 Å². The Morgan fingerprint density at radius 2 is 1.94 bits per heavy atom. The van der Waals surface area contributed by atoms with Gasteiger partial charge in [0.25, 0.3) is 0 Å². The van der Waals surface area contributed by atoms with Crippen molar-refractivity contribution in [1.29, 1.82) is 0 Å². The number of sulfonamides is 1. The summed E-state index contributed by atoms with van der Waals surface area (Å²) >= 11 is 0. The average Bonchev–Trinajstić information content (AvgIpc) is 3.14. The normalized spacial score (nSPS) is 23.4. The van der Waals surface area contributed by atoms with Crippen LogP contribution in [-0.4, -0.2) is 42.7 Å². The second-order valence-corrected chi connectivity index (χ2v) is 10.3. The Balaban J connectivity index is 1.47. The van der Waals surface area contributed by atoms with Gasteiger partial charge >= 0.3 is 6.18 Å². The van der Waals surface area contributed by atoms with Crippen LogP contribution in [0.4, 0.5) is 19.0 Å². The summed E-state index contributed by atoms with van der Waals surface area (Å²) in [5.41, 5.74) is 0.267. The maximum Gasteiger partial charge on any atom is 0.416 e. The Labute approximate surface area is 179 Å². The van der Waals surface area contributed by atoms with Gasteiger partial charge in [0.15, 0.2) is 0 Å². The van der Waals surface area contributed by atoms with Crippen molar-refractivity contribution in [2.24, 2.45) is 5.92 Å². The average molecular weight is 455 g/mol. The molecule has 168 valence electrons. The van der Waals surface area contributed by atoms with Crippen LogP contribution < -0.4 is 9.62 Å². The highest BCUT2D eigenvalue weighted by Crippen LogP contribution is 2.36. The molecule has 3 heterocycles. The van der Waals surface area contributed by atoms with Crippen LogP contribution in [0, 0.1) is 5.92 Å². The van der Waals surface area contributed by atoms with Gasteiger partial charge in [-0.05, 0) is 49.8 Å². The van der Waals surface area contributed by atoms with Crippen LogP contribution in [0.5, 0.6) is 0 Å². The van der Waals surface area contributed by atoms with Crippen LogP contribution in [0.1, 0.15) is 31.7 Å². The fraction of sp³-hybridized carbons (Fsp3) is 0.476. The number of alkyl halides is 3. The molecule has 0 radical (unpaired) electrons. The van der Waals surface area contributed by atoms with Crippen molar-refractivity contribution in [2.75, 3.05) is 24.2 Å². The summed E-state index contributed by atoms with van der Waals surface area (Å²) in [4.78, 5) is 5.98. The maximum absolute atomic E-state index is 13.3. The Morgan fingerprint density at radius 3 is 2.52 bits per heavy atom. The predicted molar refractivity (Wildman–Crippen MR) is 113 cm³/mol. The molecule has 1 fully saturated rings. The molecular weight excluding hydrogens is 429 g/mol. The third-order valence-corrected chi connectivity index (χ3v) is 6.78. The number of anilines is 1.